The van der Waals surface area contributed by atoms with Crippen molar-refractivity contribution < 1.29 is 21.7 Å². The maximum Gasteiger partial charge on any atom is 0.340 e. The molecule has 4 nitrogen and oxygen atoms in total. The molecular formula is C13H10ClFO4S. The van der Waals surface area contributed by atoms with Crippen LogP contribution in [0.1, 0.15) is 0 Å². The molecule has 0 aromatic heterocycles. The second-order valence-electron chi connectivity index (χ2n) is 3.79. The topological polar surface area (TPSA) is 52.6 Å². The van der Waals surface area contributed by atoms with E-state index in [1.165, 1.54) is 19.2 Å². The molecule has 0 radical (unpaired) electrons. The summed E-state index contributed by atoms with van der Waals surface area (Å²) >= 11 is 5.71. The average Bonchev–Trinajstić information content (AvgIpc) is 2.37. The third kappa shape index (κ3) is 3.20. The van der Waals surface area contributed by atoms with Gasteiger partial charge in [0.2, 0.25) is 0 Å². The summed E-state index contributed by atoms with van der Waals surface area (Å²) in [6.07, 6.45) is 0. The molecule has 0 bridgehead atoms. The van der Waals surface area contributed by atoms with E-state index in [4.69, 9.17) is 20.5 Å². The minimum Gasteiger partial charge on any atom is -0.497 e. The minimum atomic E-state index is -4.14. The number of hydrogen-bond donors (Lipinski definition) is 0. The quantitative estimate of drug-likeness (QED) is 0.812. The van der Waals surface area contributed by atoms with Gasteiger partial charge in [-0.3, -0.25) is 0 Å². The molecule has 106 valence electrons. The zero-order valence-corrected chi connectivity index (χ0v) is 11.9. The van der Waals surface area contributed by atoms with Gasteiger partial charge in [-0.15, -0.1) is 0 Å². The highest BCUT2D eigenvalue weighted by atomic mass is 35.5. The first kappa shape index (κ1) is 14.6. The molecule has 0 unspecified atom stereocenters. The highest BCUT2D eigenvalue weighted by Crippen LogP contribution is 2.27. The summed E-state index contributed by atoms with van der Waals surface area (Å²) < 4.78 is 47.0. The summed E-state index contributed by atoms with van der Waals surface area (Å²) in [4.78, 5) is -0.302. The molecule has 0 aliphatic heterocycles. The number of halogens is 2. The maximum absolute atomic E-state index is 12.9. The molecule has 20 heavy (non-hydrogen) atoms. The lowest BCUT2D eigenvalue weighted by Crippen LogP contribution is -2.10. The number of benzene rings is 2. The van der Waals surface area contributed by atoms with Gasteiger partial charge < -0.3 is 8.92 Å². The van der Waals surface area contributed by atoms with Gasteiger partial charge in [-0.25, -0.2) is 4.39 Å². The Bertz CT molecular complexity index is 731. The second-order valence-corrected chi connectivity index (χ2v) is 5.71. The molecule has 0 spiro atoms. The van der Waals surface area contributed by atoms with E-state index in [9.17, 15) is 12.8 Å². The monoisotopic (exact) mass is 316 g/mol. The fourth-order valence-electron chi connectivity index (χ4n) is 1.50. The van der Waals surface area contributed by atoms with Gasteiger partial charge in [-0.05, 0) is 30.3 Å². The zero-order valence-electron chi connectivity index (χ0n) is 10.3. The molecule has 0 saturated heterocycles. The summed E-state index contributed by atoms with van der Waals surface area (Å²) in [7, 11) is -2.69. The van der Waals surface area contributed by atoms with Crippen molar-refractivity contribution in [1.29, 1.82) is 0 Å². The fourth-order valence-corrected chi connectivity index (χ4v) is 2.93. The first-order chi connectivity index (χ1) is 9.42. The lowest BCUT2D eigenvalue weighted by atomic mass is 10.3. The molecule has 0 aliphatic rings. The van der Waals surface area contributed by atoms with Crippen molar-refractivity contribution in [3.63, 3.8) is 0 Å². The Morgan fingerprint density at radius 2 is 1.80 bits per heavy atom. The number of methoxy groups -OCH3 is 1. The standard InChI is InChI=1S/C13H10ClFO4S/c1-18-10-3-2-4-11(8-10)19-20(16,17)13-6-5-9(15)7-12(13)14/h2-8H,1H3. The molecule has 0 amide bonds. The van der Waals surface area contributed by atoms with Gasteiger partial charge in [-0.1, -0.05) is 17.7 Å². The van der Waals surface area contributed by atoms with E-state index < -0.39 is 15.9 Å². The van der Waals surface area contributed by atoms with Crippen LogP contribution in [0, 0.1) is 5.82 Å². The maximum atomic E-state index is 12.9. The number of ether oxygens (including phenoxy) is 1. The van der Waals surface area contributed by atoms with Crippen LogP contribution >= 0.6 is 11.6 Å². The number of hydrogen-bond acceptors (Lipinski definition) is 4. The van der Waals surface area contributed by atoms with E-state index in [2.05, 4.69) is 0 Å². The van der Waals surface area contributed by atoms with Crippen molar-refractivity contribution in [3.8, 4) is 11.5 Å². The van der Waals surface area contributed by atoms with Crippen LogP contribution in [0.5, 0.6) is 11.5 Å². The van der Waals surface area contributed by atoms with Crippen LogP contribution in [-0.2, 0) is 10.1 Å². The van der Waals surface area contributed by atoms with Crippen LogP contribution in [0.2, 0.25) is 5.02 Å². The Labute approximate surface area is 120 Å². The molecule has 0 fully saturated rings. The average molecular weight is 317 g/mol. The fraction of sp³-hybridized carbons (Fsp3) is 0.0769. The highest BCUT2D eigenvalue weighted by molar-refractivity contribution is 7.87. The van der Waals surface area contributed by atoms with E-state index in [0.29, 0.717) is 5.75 Å². The van der Waals surface area contributed by atoms with E-state index in [-0.39, 0.29) is 15.7 Å². The Hall–Kier alpha value is -1.79. The Kier molecular flexibility index (Phi) is 4.15. The van der Waals surface area contributed by atoms with Gasteiger partial charge >= 0.3 is 10.1 Å². The summed E-state index contributed by atoms with van der Waals surface area (Å²) in [5.74, 6) is -0.108. The molecule has 0 aliphatic carbocycles. The third-order valence-corrected chi connectivity index (χ3v) is 4.14. The highest BCUT2D eigenvalue weighted by Gasteiger charge is 2.21. The summed E-state index contributed by atoms with van der Waals surface area (Å²) in [6, 6.07) is 9.04. The third-order valence-electron chi connectivity index (χ3n) is 2.41. The van der Waals surface area contributed by atoms with E-state index in [0.717, 1.165) is 18.2 Å². The van der Waals surface area contributed by atoms with Crippen LogP contribution in [0.15, 0.2) is 47.4 Å². The largest absolute Gasteiger partial charge is 0.497 e. The van der Waals surface area contributed by atoms with Crippen molar-refractivity contribution in [2.45, 2.75) is 4.90 Å². The smallest absolute Gasteiger partial charge is 0.340 e. The summed E-state index contributed by atoms with van der Waals surface area (Å²) in [5, 5.41) is -0.243. The molecule has 2 rings (SSSR count). The first-order valence-electron chi connectivity index (χ1n) is 5.46. The molecule has 0 atom stereocenters. The van der Waals surface area contributed by atoms with Gasteiger partial charge in [0.25, 0.3) is 0 Å². The van der Waals surface area contributed by atoms with Crippen LogP contribution < -0.4 is 8.92 Å². The number of rotatable bonds is 4. The van der Waals surface area contributed by atoms with E-state index in [1.54, 1.807) is 12.1 Å². The van der Waals surface area contributed by atoms with Gasteiger partial charge in [0.15, 0.2) is 0 Å². The normalized spacial score (nSPS) is 11.2. The van der Waals surface area contributed by atoms with Crippen LogP contribution in [0.4, 0.5) is 4.39 Å². The molecule has 7 heteroatoms. The molecule has 0 heterocycles. The van der Waals surface area contributed by atoms with E-state index in [1.807, 2.05) is 0 Å². The van der Waals surface area contributed by atoms with Gasteiger partial charge in [0.1, 0.15) is 22.2 Å². The first-order valence-corrected chi connectivity index (χ1v) is 7.24. The van der Waals surface area contributed by atoms with Gasteiger partial charge in [0.05, 0.1) is 12.1 Å². The molecule has 2 aromatic rings. The van der Waals surface area contributed by atoms with Gasteiger partial charge in [-0.2, -0.15) is 8.42 Å². The van der Waals surface area contributed by atoms with Crippen LogP contribution in [0.3, 0.4) is 0 Å². The lowest BCUT2D eigenvalue weighted by molar-refractivity contribution is 0.411. The zero-order chi connectivity index (χ0) is 14.8. The van der Waals surface area contributed by atoms with Crippen LogP contribution in [-0.4, -0.2) is 15.5 Å². The molecule has 0 saturated carbocycles. The van der Waals surface area contributed by atoms with E-state index >= 15 is 0 Å². The van der Waals surface area contributed by atoms with Gasteiger partial charge in [0, 0.05) is 6.07 Å². The van der Waals surface area contributed by atoms with Crippen molar-refractivity contribution >= 4 is 21.7 Å². The van der Waals surface area contributed by atoms with Crippen molar-refractivity contribution in [3.05, 3.63) is 53.3 Å². The summed E-state index contributed by atoms with van der Waals surface area (Å²) in [6.45, 7) is 0. The Morgan fingerprint density at radius 1 is 1.10 bits per heavy atom. The van der Waals surface area contributed by atoms with Crippen molar-refractivity contribution in [2.24, 2.45) is 0 Å². The predicted octanol–water partition coefficient (Wildman–Crippen LogP) is 3.26. The molecule has 0 N–H and O–H groups in total. The minimum absolute atomic E-state index is 0.0738. The van der Waals surface area contributed by atoms with Crippen molar-refractivity contribution in [2.75, 3.05) is 7.11 Å². The Balaban J connectivity index is 2.35. The SMILES string of the molecule is COc1cccc(OS(=O)(=O)c2ccc(F)cc2Cl)c1. The Morgan fingerprint density at radius 3 is 2.45 bits per heavy atom. The molecule has 2 aromatic carbocycles. The summed E-state index contributed by atoms with van der Waals surface area (Å²) in [5.41, 5.74) is 0. The molecular weight excluding hydrogens is 307 g/mol. The predicted molar refractivity (Wildman–Crippen MR) is 72.2 cm³/mol. The van der Waals surface area contributed by atoms with Crippen molar-refractivity contribution in [1.82, 2.24) is 0 Å². The lowest BCUT2D eigenvalue weighted by Gasteiger charge is -2.09. The second kappa shape index (κ2) is 5.68. The van der Waals surface area contributed by atoms with Crippen LogP contribution in [0.25, 0.3) is 0 Å².